The molecule has 0 heterocycles. The monoisotopic (exact) mass is 183 g/mol. The van der Waals surface area contributed by atoms with Crippen molar-refractivity contribution in [3.8, 4) is 0 Å². The van der Waals surface area contributed by atoms with E-state index in [1.165, 1.54) is 38.5 Å². The summed E-state index contributed by atoms with van der Waals surface area (Å²) in [6.45, 7) is 4.63. The van der Waals surface area contributed by atoms with Gasteiger partial charge in [0, 0.05) is 6.04 Å². The van der Waals surface area contributed by atoms with Crippen LogP contribution >= 0.6 is 0 Å². The molecule has 1 nitrogen and oxygen atoms in total. The van der Waals surface area contributed by atoms with Crippen LogP contribution in [0.15, 0.2) is 0 Å². The number of nitrogens with one attached hydrogen (secondary N) is 1. The van der Waals surface area contributed by atoms with E-state index in [9.17, 15) is 0 Å². The molecule has 2 atom stereocenters. The molecule has 1 fully saturated rings. The molecule has 0 spiro atoms. The maximum absolute atomic E-state index is 3.52. The van der Waals surface area contributed by atoms with Gasteiger partial charge in [0.2, 0.25) is 0 Å². The quantitative estimate of drug-likeness (QED) is 0.639. The minimum absolute atomic E-state index is 0.816. The summed E-state index contributed by atoms with van der Waals surface area (Å²) in [5.41, 5.74) is 0. The topological polar surface area (TPSA) is 12.0 Å². The summed E-state index contributed by atoms with van der Waals surface area (Å²) < 4.78 is 0. The Kier molecular flexibility index (Phi) is 4.79. The lowest BCUT2D eigenvalue weighted by Crippen LogP contribution is -2.35. The van der Waals surface area contributed by atoms with Crippen molar-refractivity contribution in [1.29, 1.82) is 0 Å². The fourth-order valence-corrected chi connectivity index (χ4v) is 2.42. The number of hydrogen-bond acceptors (Lipinski definition) is 1. The van der Waals surface area contributed by atoms with Crippen molar-refractivity contribution in [2.75, 3.05) is 7.05 Å². The Morgan fingerprint density at radius 1 is 1.31 bits per heavy atom. The molecular weight excluding hydrogens is 158 g/mol. The van der Waals surface area contributed by atoms with Gasteiger partial charge in [0.15, 0.2) is 0 Å². The van der Waals surface area contributed by atoms with E-state index in [1.54, 1.807) is 0 Å². The Morgan fingerprint density at radius 3 is 2.38 bits per heavy atom. The third-order valence-electron chi connectivity index (χ3n) is 3.42. The first-order valence-electron chi connectivity index (χ1n) is 6.00. The number of hydrogen-bond donors (Lipinski definition) is 1. The first-order chi connectivity index (χ1) is 6.33. The minimum Gasteiger partial charge on any atom is -0.316 e. The van der Waals surface area contributed by atoms with E-state index < -0.39 is 0 Å². The van der Waals surface area contributed by atoms with Gasteiger partial charge in [-0.15, -0.1) is 0 Å². The lowest BCUT2D eigenvalue weighted by molar-refractivity contribution is 0.304. The van der Waals surface area contributed by atoms with Crippen molar-refractivity contribution in [2.24, 2.45) is 11.8 Å². The van der Waals surface area contributed by atoms with Crippen LogP contribution < -0.4 is 5.32 Å². The first-order valence-corrected chi connectivity index (χ1v) is 6.00. The maximum atomic E-state index is 3.52. The van der Waals surface area contributed by atoms with Crippen LogP contribution in [0.2, 0.25) is 0 Å². The summed E-state index contributed by atoms with van der Waals surface area (Å²) in [6, 6.07) is 0.816. The summed E-state index contributed by atoms with van der Waals surface area (Å²) in [5, 5.41) is 3.52. The van der Waals surface area contributed by atoms with Crippen LogP contribution in [0.5, 0.6) is 0 Å². The zero-order valence-electron chi connectivity index (χ0n) is 9.47. The molecule has 0 saturated heterocycles. The van der Waals surface area contributed by atoms with Gasteiger partial charge in [0.05, 0.1) is 0 Å². The van der Waals surface area contributed by atoms with Crippen LogP contribution in [0.25, 0.3) is 0 Å². The van der Waals surface area contributed by atoms with Crippen LogP contribution in [-0.2, 0) is 0 Å². The second-order valence-corrected chi connectivity index (χ2v) is 4.46. The minimum atomic E-state index is 0.816. The molecule has 1 rings (SSSR count). The molecule has 1 aliphatic carbocycles. The van der Waals surface area contributed by atoms with Crippen LogP contribution in [0.3, 0.4) is 0 Å². The molecule has 2 unspecified atom stereocenters. The summed E-state index contributed by atoms with van der Waals surface area (Å²) in [6.07, 6.45) is 8.46. The second kappa shape index (κ2) is 5.64. The highest BCUT2D eigenvalue weighted by Crippen LogP contribution is 2.37. The lowest BCUT2D eigenvalue weighted by Gasteiger charge is -2.25. The van der Waals surface area contributed by atoms with E-state index in [1.807, 2.05) is 0 Å². The zero-order valence-corrected chi connectivity index (χ0v) is 9.47. The zero-order chi connectivity index (χ0) is 9.68. The highest BCUT2D eigenvalue weighted by Gasteiger charge is 2.34. The van der Waals surface area contributed by atoms with Crippen molar-refractivity contribution >= 4 is 0 Å². The van der Waals surface area contributed by atoms with Crippen LogP contribution in [0, 0.1) is 11.8 Å². The molecule has 1 aliphatic rings. The third kappa shape index (κ3) is 3.30. The first kappa shape index (κ1) is 11.0. The molecule has 0 bridgehead atoms. The average molecular weight is 183 g/mol. The normalized spacial score (nSPS) is 21.5. The summed E-state index contributed by atoms with van der Waals surface area (Å²) in [5.74, 6) is 1.93. The Hall–Kier alpha value is -0.0400. The van der Waals surface area contributed by atoms with Crippen molar-refractivity contribution in [3.05, 3.63) is 0 Å². The molecule has 0 aromatic carbocycles. The molecule has 1 N–H and O–H groups in total. The SMILES string of the molecule is CCCCC(CC)C(NC)C1CC1. The Morgan fingerprint density at radius 2 is 2.00 bits per heavy atom. The van der Waals surface area contributed by atoms with E-state index >= 15 is 0 Å². The van der Waals surface area contributed by atoms with Crippen LogP contribution in [0.4, 0.5) is 0 Å². The predicted octanol–water partition coefficient (Wildman–Crippen LogP) is 3.20. The highest BCUT2D eigenvalue weighted by molar-refractivity contribution is 4.89. The molecule has 78 valence electrons. The fraction of sp³-hybridized carbons (Fsp3) is 1.00. The van der Waals surface area contributed by atoms with E-state index in [0.717, 1.165) is 17.9 Å². The van der Waals surface area contributed by atoms with Crippen LogP contribution in [-0.4, -0.2) is 13.1 Å². The van der Waals surface area contributed by atoms with Gasteiger partial charge in [0.1, 0.15) is 0 Å². The van der Waals surface area contributed by atoms with E-state index in [-0.39, 0.29) is 0 Å². The van der Waals surface area contributed by atoms with E-state index in [0.29, 0.717) is 0 Å². The van der Waals surface area contributed by atoms with Crippen molar-refractivity contribution in [3.63, 3.8) is 0 Å². The van der Waals surface area contributed by atoms with E-state index in [2.05, 4.69) is 26.2 Å². The van der Waals surface area contributed by atoms with Gasteiger partial charge in [-0.3, -0.25) is 0 Å². The van der Waals surface area contributed by atoms with Gasteiger partial charge < -0.3 is 5.32 Å². The molecule has 1 saturated carbocycles. The second-order valence-electron chi connectivity index (χ2n) is 4.46. The molecule has 0 aromatic rings. The van der Waals surface area contributed by atoms with Gasteiger partial charge in [-0.05, 0) is 38.1 Å². The average Bonchev–Trinajstić information content (AvgIpc) is 2.95. The molecule has 13 heavy (non-hydrogen) atoms. The number of rotatable bonds is 7. The highest BCUT2D eigenvalue weighted by atomic mass is 14.9. The number of unbranched alkanes of at least 4 members (excludes halogenated alkanes) is 1. The Balaban J connectivity index is 2.32. The molecule has 0 aliphatic heterocycles. The van der Waals surface area contributed by atoms with Crippen molar-refractivity contribution < 1.29 is 0 Å². The predicted molar refractivity (Wildman–Crippen MR) is 58.9 cm³/mol. The van der Waals surface area contributed by atoms with Gasteiger partial charge in [-0.25, -0.2) is 0 Å². The third-order valence-corrected chi connectivity index (χ3v) is 3.42. The van der Waals surface area contributed by atoms with Gasteiger partial charge in [-0.2, -0.15) is 0 Å². The smallest absolute Gasteiger partial charge is 0.0120 e. The van der Waals surface area contributed by atoms with Gasteiger partial charge in [0.25, 0.3) is 0 Å². The van der Waals surface area contributed by atoms with Gasteiger partial charge in [-0.1, -0.05) is 33.1 Å². The molecular formula is C12H25N. The Labute approximate surface area is 83.3 Å². The van der Waals surface area contributed by atoms with Crippen molar-refractivity contribution in [1.82, 2.24) is 5.32 Å². The summed E-state index contributed by atoms with van der Waals surface area (Å²) in [4.78, 5) is 0. The Bertz CT molecular complexity index is 129. The van der Waals surface area contributed by atoms with Crippen molar-refractivity contribution in [2.45, 2.75) is 58.4 Å². The van der Waals surface area contributed by atoms with Crippen LogP contribution in [0.1, 0.15) is 52.4 Å². The molecule has 0 radical (unpaired) electrons. The maximum Gasteiger partial charge on any atom is 0.0120 e. The molecule has 0 aromatic heterocycles. The summed E-state index contributed by atoms with van der Waals surface area (Å²) in [7, 11) is 2.14. The van der Waals surface area contributed by atoms with E-state index in [4.69, 9.17) is 0 Å². The van der Waals surface area contributed by atoms with Gasteiger partial charge >= 0.3 is 0 Å². The fourth-order valence-electron chi connectivity index (χ4n) is 2.42. The molecule has 1 heteroatoms. The largest absolute Gasteiger partial charge is 0.316 e. The lowest BCUT2D eigenvalue weighted by atomic mass is 9.88. The summed E-state index contributed by atoms with van der Waals surface area (Å²) >= 11 is 0. The molecule has 0 amide bonds. The standard InChI is InChI=1S/C12H25N/c1-4-6-7-10(5-2)12(13-3)11-8-9-11/h10-13H,4-9H2,1-3H3.